The molecule has 1 heteroatoms. The van der Waals surface area contributed by atoms with Crippen molar-refractivity contribution in [3.8, 4) is 5.69 Å². The molecule has 0 N–H and O–H groups in total. The summed E-state index contributed by atoms with van der Waals surface area (Å²) in [5, 5.41) is 1.30. The van der Waals surface area contributed by atoms with Gasteiger partial charge in [0, 0.05) is 16.8 Å². The van der Waals surface area contributed by atoms with E-state index in [0.717, 1.165) is 0 Å². The van der Waals surface area contributed by atoms with E-state index in [1.54, 1.807) is 0 Å². The summed E-state index contributed by atoms with van der Waals surface area (Å²) in [6.45, 7) is 4.27. The Labute approximate surface area is 101 Å². The predicted molar refractivity (Wildman–Crippen MR) is 72.7 cm³/mol. The Balaban J connectivity index is 2.29. The fourth-order valence-corrected chi connectivity index (χ4v) is 2.33. The Morgan fingerprint density at radius 1 is 0.824 bits per heavy atom. The van der Waals surface area contributed by atoms with E-state index in [-0.39, 0.29) is 0 Å². The van der Waals surface area contributed by atoms with Crippen molar-refractivity contribution in [3.63, 3.8) is 0 Å². The molecule has 0 saturated carbocycles. The van der Waals surface area contributed by atoms with Crippen LogP contribution < -0.4 is 0 Å². The van der Waals surface area contributed by atoms with Gasteiger partial charge in [0.05, 0.1) is 5.52 Å². The van der Waals surface area contributed by atoms with E-state index >= 15 is 0 Å². The van der Waals surface area contributed by atoms with E-state index in [1.807, 2.05) is 0 Å². The molecule has 0 fully saturated rings. The standard InChI is InChI=1S/C16H15N/c1-12-7-9-15(10-8-12)17-13(2)11-14-5-3-4-6-16(14)17/h3-11H,1-2H3. The average molecular weight is 221 g/mol. The van der Waals surface area contributed by atoms with Crippen LogP contribution in [0.2, 0.25) is 0 Å². The molecule has 0 saturated heterocycles. The Morgan fingerprint density at radius 2 is 1.53 bits per heavy atom. The Morgan fingerprint density at radius 3 is 2.29 bits per heavy atom. The van der Waals surface area contributed by atoms with Crippen molar-refractivity contribution < 1.29 is 0 Å². The smallest absolute Gasteiger partial charge is 0.0531 e. The minimum absolute atomic E-state index is 1.23. The number of aromatic nitrogens is 1. The van der Waals surface area contributed by atoms with Gasteiger partial charge in [0.1, 0.15) is 0 Å². The fourth-order valence-electron chi connectivity index (χ4n) is 2.33. The van der Waals surface area contributed by atoms with Crippen LogP contribution in [0.5, 0.6) is 0 Å². The quantitative estimate of drug-likeness (QED) is 0.579. The van der Waals surface area contributed by atoms with E-state index in [4.69, 9.17) is 0 Å². The first-order chi connectivity index (χ1) is 8.25. The molecule has 0 amide bonds. The molecule has 0 aliphatic heterocycles. The van der Waals surface area contributed by atoms with E-state index in [1.165, 1.54) is 27.8 Å². The first kappa shape index (κ1) is 10.2. The van der Waals surface area contributed by atoms with Crippen LogP contribution in [0, 0.1) is 13.8 Å². The molecule has 17 heavy (non-hydrogen) atoms. The maximum atomic E-state index is 2.30. The van der Waals surface area contributed by atoms with Crippen LogP contribution in [0.25, 0.3) is 16.6 Å². The molecular formula is C16H15N. The molecule has 1 nitrogen and oxygen atoms in total. The molecule has 0 aliphatic carbocycles. The van der Waals surface area contributed by atoms with Crippen molar-refractivity contribution in [3.05, 3.63) is 65.9 Å². The molecule has 2 aromatic carbocycles. The van der Waals surface area contributed by atoms with E-state index in [2.05, 4.69) is 73.0 Å². The summed E-state index contributed by atoms with van der Waals surface area (Å²) in [6.07, 6.45) is 0. The number of fused-ring (bicyclic) bond motifs is 1. The zero-order chi connectivity index (χ0) is 11.8. The first-order valence-electron chi connectivity index (χ1n) is 5.90. The second-order valence-corrected chi connectivity index (χ2v) is 4.52. The molecule has 1 aromatic heterocycles. The van der Waals surface area contributed by atoms with Crippen LogP contribution >= 0.6 is 0 Å². The Hall–Kier alpha value is -2.02. The summed E-state index contributed by atoms with van der Waals surface area (Å²) >= 11 is 0. The highest BCUT2D eigenvalue weighted by atomic mass is 15.0. The highest BCUT2D eigenvalue weighted by Crippen LogP contribution is 2.23. The van der Waals surface area contributed by atoms with E-state index in [9.17, 15) is 0 Å². The Kier molecular flexibility index (Phi) is 2.25. The van der Waals surface area contributed by atoms with Gasteiger partial charge in [-0.25, -0.2) is 0 Å². The van der Waals surface area contributed by atoms with Crippen LogP contribution in [0.1, 0.15) is 11.3 Å². The lowest BCUT2D eigenvalue weighted by atomic mass is 10.2. The third kappa shape index (κ3) is 1.64. The lowest BCUT2D eigenvalue weighted by Crippen LogP contribution is -1.95. The zero-order valence-corrected chi connectivity index (χ0v) is 10.1. The maximum Gasteiger partial charge on any atom is 0.0531 e. The number of aryl methyl sites for hydroxylation is 2. The lowest BCUT2D eigenvalue weighted by molar-refractivity contribution is 1.05. The van der Waals surface area contributed by atoms with Crippen LogP contribution in [0.3, 0.4) is 0 Å². The van der Waals surface area contributed by atoms with Crippen molar-refractivity contribution in [1.29, 1.82) is 0 Å². The van der Waals surface area contributed by atoms with Gasteiger partial charge in [-0.3, -0.25) is 0 Å². The summed E-state index contributed by atoms with van der Waals surface area (Å²) in [4.78, 5) is 0. The lowest BCUT2D eigenvalue weighted by Gasteiger charge is -2.08. The third-order valence-corrected chi connectivity index (χ3v) is 3.19. The highest BCUT2D eigenvalue weighted by Gasteiger charge is 2.06. The molecule has 0 atom stereocenters. The van der Waals surface area contributed by atoms with Crippen LogP contribution in [0.15, 0.2) is 54.6 Å². The molecule has 0 bridgehead atoms. The van der Waals surface area contributed by atoms with Gasteiger partial charge in [-0.1, -0.05) is 35.9 Å². The Bertz CT molecular complexity index is 660. The second-order valence-electron chi connectivity index (χ2n) is 4.52. The molecule has 3 aromatic rings. The maximum absolute atomic E-state index is 2.30. The molecule has 1 heterocycles. The van der Waals surface area contributed by atoms with Crippen molar-refractivity contribution in [2.75, 3.05) is 0 Å². The predicted octanol–water partition coefficient (Wildman–Crippen LogP) is 4.25. The average Bonchev–Trinajstić information content (AvgIpc) is 2.66. The number of benzene rings is 2. The van der Waals surface area contributed by atoms with Gasteiger partial charge in [-0.05, 0) is 38.1 Å². The van der Waals surface area contributed by atoms with Gasteiger partial charge in [-0.15, -0.1) is 0 Å². The molecule has 0 aliphatic rings. The third-order valence-electron chi connectivity index (χ3n) is 3.19. The SMILES string of the molecule is Cc1ccc(-n2c(C)cc3ccccc32)cc1. The number of hydrogen-bond donors (Lipinski definition) is 0. The summed E-state index contributed by atoms with van der Waals surface area (Å²) in [7, 11) is 0. The molecule has 0 unspecified atom stereocenters. The number of nitrogens with zero attached hydrogens (tertiary/aromatic N) is 1. The highest BCUT2D eigenvalue weighted by molar-refractivity contribution is 5.83. The van der Waals surface area contributed by atoms with Crippen LogP contribution in [-0.2, 0) is 0 Å². The fraction of sp³-hybridized carbons (Fsp3) is 0.125. The summed E-state index contributed by atoms with van der Waals surface area (Å²) in [6, 6.07) is 19.4. The summed E-state index contributed by atoms with van der Waals surface area (Å²) in [5.41, 5.74) is 5.07. The van der Waals surface area contributed by atoms with Gasteiger partial charge in [0.25, 0.3) is 0 Å². The topological polar surface area (TPSA) is 4.93 Å². The molecule has 3 rings (SSSR count). The van der Waals surface area contributed by atoms with Crippen LogP contribution in [-0.4, -0.2) is 4.57 Å². The number of para-hydroxylation sites is 1. The van der Waals surface area contributed by atoms with Crippen molar-refractivity contribution in [2.24, 2.45) is 0 Å². The van der Waals surface area contributed by atoms with Gasteiger partial charge >= 0.3 is 0 Å². The summed E-state index contributed by atoms with van der Waals surface area (Å²) < 4.78 is 2.30. The minimum Gasteiger partial charge on any atom is -0.314 e. The largest absolute Gasteiger partial charge is 0.314 e. The van der Waals surface area contributed by atoms with Gasteiger partial charge < -0.3 is 4.57 Å². The second kappa shape index (κ2) is 3.77. The normalized spacial score (nSPS) is 10.9. The monoisotopic (exact) mass is 221 g/mol. The molecular weight excluding hydrogens is 206 g/mol. The van der Waals surface area contributed by atoms with Crippen LogP contribution in [0.4, 0.5) is 0 Å². The zero-order valence-electron chi connectivity index (χ0n) is 10.1. The molecule has 0 spiro atoms. The van der Waals surface area contributed by atoms with Gasteiger partial charge in [0.2, 0.25) is 0 Å². The van der Waals surface area contributed by atoms with Crippen molar-refractivity contribution in [2.45, 2.75) is 13.8 Å². The van der Waals surface area contributed by atoms with Gasteiger partial charge in [-0.2, -0.15) is 0 Å². The van der Waals surface area contributed by atoms with Crippen molar-refractivity contribution >= 4 is 10.9 Å². The molecule has 0 radical (unpaired) electrons. The van der Waals surface area contributed by atoms with E-state index in [0.29, 0.717) is 0 Å². The first-order valence-corrected chi connectivity index (χ1v) is 5.90. The number of hydrogen-bond acceptors (Lipinski definition) is 0. The van der Waals surface area contributed by atoms with E-state index < -0.39 is 0 Å². The minimum atomic E-state index is 1.23. The van der Waals surface area contributed by atoms with Crippen molar-refractivity contribution in [1.82, 2.24) is 4.57 Å². The number of rotatable bonds is 1. The summed E-state index contributed by atoms with van der Waals surface area (Å²) in [5.74, 6) is 0. The van der Waals surface area contributed by atoms with Gasteiger partial charge in [0.15, 0.2) is 0 Å². The molecule has 84 valence electrons.